The molecular weight excluding hydrogens is 276 g/mol. The van der Waals surface area contributed by atoms with Gasteiger partial charge in [-0.25, -0.2) is 8.78 Å². The average molecular weight is 289 g/mol. The predicted molar refractivity (Wildman–Crippen MR) is 74.5 cm³/mol. The molecule has 1 heterocycles. The third-order valence-corrected chi connectivity index (χ3v) is 3.60. The molecule has 0 saturated carbocycles. The summed E-state index contributed by atoms with van der Waals surface area (Å²) in [5.74, 6) is -2.22. The number of aryl methyl sites for hydroxylation is 1. The zero-order valence-corrected chi connectivity index (χ0v) is 11.1. The van der Waals surface area contributed by atoms with Crippen molar-refractivity contribution in [1.29, 1.82) is 0 Å². The Morgan fingerprint density at radius 1 is 1.19 bits per heavy atom. The van der Waals surface area contributed by atoms with Crippen molar-refractivity contribution in [1.82, 2.24) is 0 Å². The first-order chi connectivity index (χ1) is 10.1. The molecule has 0 radical (unpaired) electrons. The van der Waals surface area contributed by atoms with Gasteiger partial charge in [-0.3, -0.25) is 4.79 Å². The molecule has 0 aromatic heterocycles. The van der Waals surface area contributed by atoms with Gasteiger partial charge in [0.15, 0.2) is 0 Å². The number of para-hydroxylation sites is 1. The summed E-state index contributed by atoms with van der Waals surface area (Å²) >= 11 is 0. The molecule has 3 nitrogen and oxygen atoms in total. The number of phenolic OH excluding ortho intramolecular Hbond substituents is 1. The number of rotatable bonds is 1. The zero-order valence-electron chi connectivity index (χ0n) is 11.1. The van der Waals surface area contributed by atoms with Gasteiger partial charge in [0.05, 0.1) is 11.3 Å². The Bertz CT molecular complexity index is 715. The number of hydrogen-bond donors (Lipinski definition) is 1. The van der Waals surface area contributed by atoms with Crippen LogP contribution in [0.5, 0.6) is 5.75 Å². The monoisotopic (exact) mass is 289 g/mol. The van der Waals surface area contributed by atoms with E-state index in [1.54, 1.807) is 6.07 Å². The van der Waals surface area contributed by atoms with Crippen LogP contribution in [-0.2, 0) is 6.42 Å². The highest BCUT2D eigenvalue weighted by Crippen LogP contribution is 2.36. The van der Waals surface area contributed by atoms with E-state index in [-0.39, 0.29) is 11.3 Å². The van der Waals surface area contributed by atoms with Crippen LogP contribution in [0.15, 0.2) is 36.4 Å². The molecule has 1 amide bonds. The van der Waals surface area contributed by atoms with Gasteiger partial charge in [0.1, 0.15) is 17.4 Å². The third-order valence-electron chi connectivity index (χ3n) is 3.60. The number of carbonyl (C=O) groups is 1. The van der Waals surface area contributed by atoms with Crippen molar-refractivity contribution in [3.8, 4) is 5.75 Å². The second kappa shape index (κ2) is 5.16. The van der Waals surface area contributed by atoms with Crippen LogP contribution in [0.25, 0.3) is 0 Å². The van der Waals surface area contributed by atoms with E-state index in [1.807, 2.05) is 6.07 Å². The summed E-state index contributed by atoms with van der Waals surface area (Å²) in [6, 6.07) is 7.89. The van der Waals surface area contributed by atoms with Crippen LogP contribution in [0.1, 0.15) is 22.3 Å². The van der Waals surface area contributed by atoms with E-state index in [0.717, 1.165) is 30.5 Å². The van der Waals surface area contributed by atoms with Crippen molar-refractivity contribution >= 4 is 11.6 Å². The van der Waals surface area contributed by atoms with E-state index < -0.39 is 17.5 Å². The van der Waals surface area contributed by atoms with Gasteiger partial charge in [0, 0.05) is 12.6 Å². The molecule has 108 valence electrons. The minimum absolute atomic E-state index is 0.0110. The number of fused-ring (bicyclic) bond motifs is 1. The Hall–Kier alpha value is -2.43. The topological polar surface area (TPSA) is 40.5 Å². The van der Waals surface area contributed by atoms with E-state index in [4.69, 9.17) is 0 Å². The van der Waals surface area contributed by atoms with Gasteiger partial charge in [-0.2, -0.15) is 0 Å². The van der Waals surface area contributed by atoms with E-state index in [9.17, 15) is 18.7 Å². The van der Waals surface area contributed by atoms with E-state index in [1.165, 1.54) is 11.0 Å². The summed E-state index contributed by atoms with van der Waals surface area (Å²) < 4.78 is 26.7. The zero-order chi connectivity index (χ0) is 15.0. The maximum Gasteiger partial charge on any atom is 0.261 e. The molecule has 2 aromatic rings. The van der Waals surface area contributed by atoms with Gasteiger partial charge >= 0.3 is 0 Å². The Morgan fingerprint density at radius 2 is 2.00 bits per heavy atom. The summed E-state index contributed by atoms with van der Waals surface area (Å²) in [5.41, 5.74) is 1.06. The highest BCUT2D eigenvalue weighted by Gasteiger charge is 2.27. The highest BCUT2D eigenvalue weighted by molar-refractivity contribution is 6.07. The van der Waals surface area contributed by atoms with Gasteiger partial charge in [-0.1, -0.05) is 12.1 Å². The largest absolute Gasteiger partial charge is 0.506 e. The number of halogens is 2. The van der Waals surface area contributed by atoms with Crippen LogP contribution >= 0.6 is 0 Å². The third kappa shape index (κ3) is 2.35. The molecule has 1 aliphatic rings. The second-order valence-corrected chi connectivity index (χ2v) is 4.97. The Balaban J connectivity index is 2.04. The molecule has 0 fully saturated rings. The summed E-state index contributed by atoms with van der Waals surface area (Å²) in [6.07, 6.45) is 1.48. The minimum Gasteiger partial charge on any atom is -0.506 e. The summed E-state index contributed by atoms with van der Waals surface area (Å²) in [4.78, 5) is 13.9. The van der Waals surface area contributed by atoms with Crippen LogP contribution in [-0.4, -0.2) is 17.6 Å². The predicted octanol–water partition coefficient (Wildman–Crippen LogP) is 3.26. The van der Waals surface area contributed by atoms with Crippen molar-refractivity contribution in [3.05, 3.63) is 59.2 Å². The smallest absolute Gasteiger partial charge is 0.261 e. The number of benzene rings is 2. The molecular formula is C16H13F2NO2. The first-order valence-electron chi connectivity index (χ1n) is 6.65. The number of carbonyl (C=O) groups excluding carboxylic acids is 1. The fourth-order valence-corrected chi connectivity index (χ4v) is 2.64. The lowest BCUT2D eigenvalue weighted by atomic mass is 10.00. The van der Waals surface area contributed by atoms with Gasteiger partial charge in [0.25, 0.3) is 5.91 Å². The lowest BCUT2D eigenvalue weighted by Gasteiger charge is -2.30. The lowest BCUT2D eigenvalue weighted by molar-refractivity contribution is 0.0980. The SMILES string of the molecule is O=C(c1ccc(F)cc1F)N1CCCc2cccc(O)c21. The summed E-state index contributed by atoms with van der Waals surface area (Å²) in [5, 5.41) is 9.99. The summed E-state index contributed by atoms with van der Waals surface area (Å²) in [6.45, 7) is 0.389. The normalized spacial score (nSPS) is 13.9. The summed E-state index contributed by atoms with van der Waals surface area (Å²) in [7, 11) is 0. The molecule has 0 unspecified atom stereocenters. The molecule has 3 rings (SSSR count). The number of nitrogens with zero attached hydrogens (tertiary/aromatic N) is 1. The number of aromatic hydroxyl groups is 1. The molecule has 0 spiro atoms. The second-order valence-electron chi connectivity index (χ2n) is 4.97. The first-order valence-corrected chi connectivity index (χ1v) is 6.65. The van der Waals surface area contributed by atoms with Crippen molar-refractivity contribution in [2.24, 2.45) is 0 Å². The van der Waals surface area contributed by atoms with Crippen LogP contribution in [0.3, 0.4) is 0 Å². The Labute approximate surface area is 120 Å². The molecule has 21 heavy (non-hydrogen) atoms. The van der Waals surface area contributed by atoms with Crippen LogP contribution < -0.4 is 4.90 Å². The Morgan fingerprint density at radius 3 is 2.76 bits per heavy atom. The average Bonchev–Trinajstić information content (AvgIpc) is 2.46. The van der Waals surface area contributed by atoms with E-state index in [0.29, 0.717) is 18.3 Å². The van der Waals surface area contributed by atoms with Crippen molar-refractivity contribution in [3.63, 3.8) is 0 Å². The fourth-order valence-electron chi connectivity index (χ4n) is 2.64. The lowest BCUT2D eigenvalue weighted by Crippen LogP contribution is -2.36. The maximum atomic E-state index is 13.8. The maximum absolute atomic E-state index is 13.8. The molecule has 0 aliphatic carbocycles. The minimum atomic E-state index is -0.900. The fraction of sp³-hybridized carbons (Fsp3) is 0.188. The standard InChI is InChI=1S/C16H13F2NO2/c17-11-6-7-12(13(18)9-11)16(21)19-8-2-4-10-3-1-5-14(20)15(10)19/h1,3,5-7,9,20H,2,4,8H2. The quantitative estimate of drug-likeness (QED) is 0.875. The Kier molecular flexibility index (Phi) is 3.33. The molecule has 1 N–H and O–H groups in total. The van der Waals surface area contributed by atoms with Gasteiger partial charge < -0.3 is 10.0 Å². The van der Waals surface area contributed by atoms with Crippen molar-refractivity contribution in [2.75, 3.05) is 11.4 Å². The van der Waals surface area contributed by atoms with E-state index >= 15 is 0 Å². The number of hydrogen-bond acceptors (Lipinski definition) is 2. The highest BCUT2D eigenvalue weighted by atomic mass is 19.1. The molecule has 0 saturated heterocycles. The first kappa shape index (κ1) is 13.5. The van der Waals surface area contributed by atoms with Crippen molar-refractivity contribution < 1.29 is 18.7 Å². The number of amides is 1. The molecule has 0 atom stereocenters. The molecule has 0 bridgehead atoms. The van der Waals surface area contributed by atoms with Gasteiger partial charge in [0.2, 0.25) is 0 Å². The van der Waals surface area contributed by atoms with Crippen LogP contribution in [0.2, 0.25) is 0 Å². The molecule has 1 aliphatic heterocycles. The van der Waals surface area contributed by atoms with Crippen molar-refractivity contribution in [2.45, 2.75) is 12.8 Å². The van der Waals surface area contributed by atoms with Gasteiger partial charge in [-0.05, 0) is 36.6 Å². The number of phenols is 1. The van der Waals surface area contributed by atoms with E-state index in [2.05, 4.69) is 0 Å². The number of anilines is 1. The van der Waals surface area contributed by atoms with Crippen LogP contribution in [0.4, 0.5) is 14.5 Å². The van der Waals surface area contributed by atoms with Gasteiger partial charge in [-0.15, -0.1) is 0 Å². The van der Waals surface area contributed by atoms with Crippen LogP contribution in [0, 0.1) is 11.6 Å². The molecule has 2 aromatic carbocycles. The molecule has 5 heteroatoms.